The lowest BCUT2D eigenvalue weighted by atomic mass is 10.0. The average Bonchev–Trinajstić information content (AvgIpc) is 2.74. The second-order valence-corrected chi connectivity index (χ2v) is 9.14. The summed E-state index contributed by atoms with van der Waals surface area (Å²) in [5, 5.41) is 14.5. The predicted octanol–water partition coefficient (Wildman–Crippen LogP) is 5.40. The Morgan fingerprint density at radius 3 is 2.03 bits per heavy atom. The number of alkyl carbamates (subject to hydrolysis) is 2. The molecule has 0 spiro atoms. The molecule has 0 saturated heterocycles. The van der Waals surface area contributed by atoms with Crippen molar-refractivity contribution in [3.8, 4) is 0 Å². The van der Waals surface area contributed by atoms with Crippen molar-refractivity contribution in [1.29, 1.82) is 0 Å². The first-order valence-electron chi connectivity index (χ1n) is 11.8. The Morgan fingerprint density at radius 2 is 1.45 bits per heavy atom. The highest BCUT2D eigenvalue weighted by Gasteiger charge is 2.20. The highest BCUT2D eigenvalue weighted by atomic mass is 16.6. The number of carboxylic acid groups (broad SMARTS) is 1. The third-order valence-electron chi connectivity index (χ3n) is 4.89. The molecule has 0 radical (unpaired) electrons. The van der Waals surface area contributed by atoms with Crippen molar-refractivity contribution >= 4 is 18.2 Å². The molecule has 0 saturated carbocycles. The maximum atomic E-state index is 11.9. The van der Waals surface area contributed by atoms with Crippen molar-refractivity contribution in [3.05, 3.63) is 35.9 Å². The van der Waals surface area contributed by atoms with E-state index < -0.39 is 23.7 Å². The van der Waals surface area contributed by atoms with E-state index in [0.717, 1.165) is 56.9 Å². The Labute approximate surface area is 197 Å². The fraction of sp³-hybridized carbons (Fsp3) is 0.640. The molecule has 0 bridgehead atoms. The molecule has 1 rings (SSSR count). The van der Waals surface area contributed by atoms with Gasteiger partial charge in [0.25, 0.3) is 0 Å². The van der Waals surface area contributed by atoms with Gasteiger partial charge in [-0.15, -0.1) is 0 Å². The van der Waals surface area contributed by atoms with Crippen LogP contribution >= 0.6 is 0 Å². The molecular formula is C25H40N2O6. The maximum absolute atomic E-state index is 11.9. The Kier molecular flexibility index (Phi) is 13.7. The van der Waals surface area contributed by atoms with Gasteiger partial charge >= 0.3 is 18.2 Å². The molecule has 0 aliphatic heterocycles. The number of hydrogen-bond acceptors (Lipinski definition) is 5. The predicted molar refractivity (Wildman–Crippen MR) is 127 cm³/mol. The minimum absolute atomic E-state index is 0.107. The van der Waals surface area contributed by atoms with E-state index in [2.05, 4.69) is 10.6 Å². The van der Waals surface area contributed by atoms with E-state index in [9.17, 15) is 19.5 Å². The summed E-state index contributed by atoms with van der Waals surface area (Å²) in [5.74, 6) is -1.05. The minimum Gasteiger partial charge on any atom is -0.480 e. The number of ether oxygens (including phenoxy) is 2. The van der Waals surface area contributed by atoms with Gasteiger partial charge in [-0.25, -0.2) is 14.4 Å². The first-order chi connectivity index (χ1) is 15.7. The molecule has 186 valence electrons. The maximum Gasteiger partial charge on any atom is 0.408 e. The molecule has 33 heavy (non-hydrogen) atoms. The van der Waals surface area contributed by atoms with Gasteiger partial charge in [0, 0.05) is 6.54 Å². The average molecular weight is 465 g/mol. The van der Waals surface area contributed by atoms with Gasteiger partial charge in [-0.05, 0) is 39.2 Å². The van der Waals surface area contributed by atoms with Crippen LogP contribution in [0.4, 0.5) is 9.59 Å². The number of carboxylic acids is 1. The van der Waals surface area contributed by atoms with Gasteiger partial charge < -0.3 is 25.2 Å². The van der Waals surface area contributed by atoms with Crippen molar-refractivity contribution in [2.45, 2.75) is 96.8 Å². The lowest BCUT2D eigenvalue weighted by Gasteiger charge is -2.19. The van der Waals surface area contributed by atoms with Crippen LogP contribution in [0.2, 0.25) is 0 Å². The number of amides is 2. The van der Waals surface area contributed by atoms with Crippen molar-refractivity contribution < 1.29 is 29.0 Å². The monoisotopic (exact) mass is 464 g/mol. The van der Waals surface area contributed by atoms with Crippen LogP contribution in [-0.4, -0.2) is 41.4 Å². The van der Waals surface area contributed by atoms with Gasteiger partial charge in [-0.1, -0.05) is 75.3 Å². The highest BCUT2D eigenvalue weighted by molar-refractivity contribution is 5.79. The Morgan fingerprint density at radius 1 is 0.879 bits per heavy atom. The van der Waals surface area contributed by atoms with Crippen molar-refractivity contribution in [3.63, 3.8) is 0 Å². The summed E-state index contributed by atoms with van der Waals surface area (Å²) in [7, 11) is 0. The highest BCUT2D eigenvalue weighted by Crippen LogP contribution is 2.12. The van der Waals surface area contributed by atoms with Crippen LogP contribution in [0.15, 0.2) is 30.3 Å². The van der Waals surface area contributed by atoms with E-state index >= 15 is 0 Å². The zero-order chi connectivity index (χ0) is 24.5. The second-order valence-electron chi connectivity index (χ2n) is 9.14. The summed E-state index contributed by atoms with van der Waals surface area (Å²) >= 11 is 0. The lowest BCUT2D eigenvalue weighted by molar-refractivity contribution is -0.139. The van der Waals surface area contributed by atoms with Crippen LogP contribution in [-0.2, 0) is 20.9 Å². The molecule has 1 aromatic rings. The zero-order valence-corrected chi connectivity index (χ0v) is 20.2. The number of hydrogen-bond donors (Lipinski definition) is 3. The molecule has 0 aliphatic rings. The van der Waals surface area contributed by atoms with Gasteiger partial charge in [-0.2, -0.15) is 0 Å². The Balaban J connectivity index is 2.03. The first-order valence-corrected chi connectivity index (χ1v) is 11.8. The molecule has 1 atom stereocenters. The molecule has 0 fully saturated rings. The number of nitrogens with one attached hydrogen (secondary N) is 2. The molecule has 0 aliphatic carbocycles. The standard InChI is InChI=1S/C25H40N2O6/c1-25(2,3)33-23(30)26-18-14-9-7-5-4-6-8-13-17-21(22(28)29)27-24(31)32-19-20-15-11-10-12-16-20/h10-12,15-16,21H,4-9,13-14,17-19H2,1-3H3,(H,26,30)(H,27,31)(H,28,29)/t21-/m0/s1. The molecule has 8 heteroatoms. The van der Waals surface area contributed by atoms with Crippen LogP contribution in [0.3, 0.4) is 0 Å². The van der Waals surface area contributed by atoms with E-state index in [1.165, 1.54) is 0 Å². The molecule has 8 nitrogen and oxygen atoms in total. The molecular weight excluding hydrogens is 424 g/mol. The van der Waals surface area contributed by atoms with Crippen LogP contribution in [0.5, 0.6) is 0 Å². The first kappa shape index (κ1) is 28.3. The Hall–Kier alpha value is -2.77. The van der Waals surface area contributed by atoms with E-state index in [1.807, 2.05) is 51.1 Å². The topological polar surface area (TPSA) is 114 Å². The van der Waals surface area contributed by atoms with E-state index in [1.54, 1.807) is 0 Å². The number of aliphatic carboxylic acids is 1. The lowest BCUT2D eigenvalue weighted by Crippen LogP contribution is -2.40. The molecule has 2 amide bonds. The Bertz CT molecular complexity index is 703. The number of benzene rings is 1. The van der Waals surface area contributed by atoms with Gasteiger partial charge in [0.1, 0.15) is 18.2 Å². The second kappa shape index (κ2) is 15.9. The van der Waals surface area contributed by atoms with Crippen molar-refractivity contribution in [2.75, 3.05) is 6.54 Å². The van der Waals surface area contributed by atoms with Crippen LogP contribution in [0.25, 0.3) is 0 Å². The molecule has 1 aromatic carbocycles. The molecule has 3 N–H and O–H groups in total. The fourth-order valence-electron chi connectivity index (χ4n) is 3.20. The summed E-state index contributed by atoms with van der Waals surface area (Å²) in [6.07, 6.45) is 7.24. The van der Waals surface area contributed by atoms with Crippen LogP contribution < -0.4 is 10.6 Å². The third kappa shape index (κ3) is 15.6. The van der Waals surface area contributed by atoms with Crippen LogP contribution in [0, 0.1) is 0 Å². The normalized spacial score (nSPS) is 12.0. The SMILES string of the molecule is CC(C)(C)OC(=O)NCCCCCCCCCC[C@H](NC(=O)OCc1ccccc1)C(=O)O. The third-order valence-corrected chi connectivity index (χ3v) is 4.89. The van der Waals surface area contributed by atoms with E-state index in [0.29, 0.717) is 13.0 Å². The van der Waals surface area contributed by atoms with Crippen molar-refractivity contribution in [2.24, 2.45) is 0 Å². The zero-order valence-electron chi connectivity index (χ0n) is 20.2. The van der Waals surface area contributed by atoms with Gasteiger partial charge in [0.15, 0.2) is 0 Å². The largest absolute Gasteiger partial charge is 0.480 e. The number of unbranched alkanes of at least 4 members (excludes halogenated alkanes) is 7. The summed E-state index contributed by atoms with van der Waals surface area (Å²) in [4.78, 5) is 34.8. The summed E-state index contributed by atoms with van der Waals surface area (Å²) in [6.45, 7) is 6.24. The summed E-state index contributed by atoms with van der Waals surface area (Å²) < 4.78 is 10.3. The quantitative estimate of drug-likeness (QED) is 0.299. The number of carbonyl (C=O) groups is 3. The number of rotatable bonds is 15. The van der Waals surface area contributed by atoms with Crippen LogP contribution in [0.1, 0.15) is 84.1 Å². The molecule has 0 unspecified atom stereocenters. The van der Waals surface area contributed by atoms with Gasteiger partial charge in [0.2, 0.25) is 0 Å². The van der Waals surface area contributed by atoms with E-state index in [-0.39, 0.29) is 12.7 Å². The minimum atomic E-state index is -1.05. The number of carbonyl (C=O) groups excluding carboxylic acids is 2. The molecule has 0 heterocycles. The van der Waals surface area contributed by atoms with Gasteiger partial charge in [0.05, 0.1) is 0 Å². The summed E-state index contributed by atoms with van der Waals surface area (Å²) in [5.41, 5.74) is 0.370. The smallest absolute Gasteiger partial charge is 0.408 e. The van der Waals surface area contributed by atoms with E-state index in [4.69, 9.17) is 9.47 Å². The van der Waals surface area contributed by atoms with Gasteiger partial charge in [-0.3, -0.25) is 0 Å². The van der Waals surface area contributed by atoms with Crippen molar-refractivity contribution in [1.82, 2.24) is 10.6 Å². The summed E-state index contributed by atoms with van der Waals surface area (Å²) in [6, 6.07) is 8.30. The molecule has 0 aromatic heterocycles. The fourth-order valence-corrected chi connectivity index (χ4v) is 3.20.